The number of unbranched alkanes of at least 4 members (excludes halogenated alkanes) is 11. The first-order chi connectivity index (χ1) is 21.3. The first-order valence-electron chi connectivity index (χ1n) is 15.9. The summed E-state index contributed by atoms with van der Waals surface area (Å²) in [6.45, 7) is 3.94. The Morgan fingerprint density at radius 3 is 2.02 bits per heavy atom. The van der Waals surface area contributed by atoms with Crippen molar-refractivity contribution < 1.29 is 22.3 Å². The first kappa shape index (κ1) is 35.1. The van der Waals surface area contributed by atoms with E-state index in [2.05, 4.69) is 21.9 Å². The average molecular weight is 627 g/mol. The summed E-state index contributed by atoms with van der Waals surface area (Å²) in [7, 11) is -2.29. The highest BCUT2D eigenvalue weighted by atomic mass is 32.2. The first-order valence-corrected chi connectivity index (χ1v) is 17.6. The van der Waals surface area contributed by atoms with Crippen LogP contribution < -0.4 is 9.64 Å². The van der Waals surface area contributed by atoms with Gasteiger partial charge in [-0.15, -0.1) is 0 Å². The highest BCUT2D eigenvalue weighted by Gasteiger charge is 2.25. The van der Waals surface area contributed by atoms with E-state index in [1.165, 1.54) is 107 Å². The Morgan fingerprint density at radius 1 is 0.864 bits per heavy atom. The summed E-state index contributed by atoms with van der Waals surface area (Å²) in [4.78, 5) is 26.5. The average Bonchev–Trinajstić information content (AvgIpc) is 3.03. The third-order valence-corrected chi connectivity index (χ3v) is 9.29. The van der Waals surface area contributed by atoms with Gasteiger partial charge in [0.2, 0.25) is 5.91 Å². The van der Waals surface area contributed by atoms with Crippen LogP contribution in [0.2, 0.25) is 0 Å². The molecule has 0 unspecified atom stereocenters. The standard InChI is InChI=1S/C34H47FN4O4S/c1-4-6-7-8-9-10-11-12-13-14-15-16-18-27-23-31(43-3)30(24-29(27)35)39(34(40)5-2)33-20-19-28(25-38-33)44(41,42)26-32-36-21-17-22-37-32/h17,19-25H,4-16,18,26H2,1-3H3. The number of aromatic nitrogens is 3. The third kappa shape index (κ3) is 10.6. The Bertz CT molecular complexity index is 1400. The molecule has 0 atom stereocenters. The molecule has 3 aromatic rings. The molecule has 10 heteroatoms. The van der Waals surface area contributed by atoms with Crippen LogP contribution in [0.5, 0.6) is 5.75 Å². The highest BCUT2D eigenvalue weighted by molar-refractivity contribution is 7.90. The molecule has 0 saturated heterocycles. The van der Waals surface area contributed by atoms with Crippen LogP contribution in [0.1, 0.15) is 109 Å². The number of hydrogen-bond acceptors (Lipinski definition) is 7. The van der Waals surface area contributed by atoms with Gasteiger partial charge in [0.25, 0.3) is 0 Å². The minimum Gasteiger partial charge on any atom is -0.495 e. The minimum atomic E-state index is -3.77. The van der Waals surface area contributed by atoms with Gasteiger partial charge in [0.1, 0.15) is 29.0 Å². The van der Waals surface area contributed by atoms with E-state index in [-0.39, 0.29) is 40.3 Å². The molecule has 0 fully saturated rings. The van der Waals surface area contributed by atoms with Crippen LogP contribution in [0, 0.1) is 5.82 Å². The molecule has 3 rings (SSSR count). The van der Waals surface area contributed by atoms with Gasteiger partial charge in [-0.1, -0.05) is 84.5 Å². The van der Waals surface area contributed by atoms with E-state index in [4.69, 9.17) is 4.74 Å². The Morgan fingerprint density at radius 2 is 1.48 bits per heavy atom. The van der Waals surface area contributed by atoms with Crippen molar-refractivity contribution in [3.8, 4) is 5.75 Å². The Kier molecular flexibility index (Phi) is 14.7. The largest absolute Gasteiger partial charge is 0.495 e. The molecule has 0 aliphatic carbocycles. The van der Waals surface area contributed by atoms with Crippen LogP contribution in [0.25, 0.3) is 0 Å². The maximum Gasteiger partial charge on any atom is 0.232 e. The van der Waals surface area contributed by atoms with Crippen molar-refractivity contribution in [2.45, 2.75) is 114 Å². The molecule has 1 amide bonds. The van der Waals surface area contributed by atoms with Gasteiger partial charge < -0.3 is 4.74 Å². The van der Waals surface area contributed by atoms with Crippen molar-refractivity contribution in [1.29, 1.82) is 0 Å². The van der Waals surface area contributed by atoms with E-state index in [0.717, 1.165) is 19.3 Å². The van der Waals surface area contributed by atoms with Crippen molar-refractivity contribution in [3.05, 3.63) is 66.1 Å². The predicted molar refractivity (Wildman–Crippen MR) is 172 cm³/mol. The quantitative estimate of drug-likeness (QED) is 0.116. The van der Waals surface area contributed by atoms with Crippen LogP contribution in [-0.2, 0) is 26.8 Å². The minimum absolute atomic E-state index is 0.0338. The Balaban J connectivity index is 1.63. The molecule has 0 radical (unpaired) electrons. The number of carbonyl (C=O) groups is 1. The lowest BCUT2D eigenvalue weighted by atomic mass is 10.0. The molecule has 44 heavy (non-hydrogen) atoms. The molecule has 0 bridgehead atoms. The lowest BCUT2D eigenvalue weighted by Gasteiger charge is -2.24. The zero-order valence-electron chi connectivity index (χ0n) is 26.4. The maximum atomic E-state index is 15.4. The summed E-state index contributed by atoms with van der Waals surface area (Å²) in [6.07, 6.45) is 19.7. The Hall–Kier alpha value is -3.40. The molecule has 0 aliphatic heterocycles. The van der Waals surface area contributed by atoms with E-state index < -0.39 is 15.7 Å². The fraction of sp³-hybridized carbons (Fsp3) is 0.529. The molecule has 0 N–H and O–H groups in total. The van der Waals surface area contributed by atoms with E-state index >= 15 is 4.39 Å². The van der Waals surface area contributed by atoms with Gasteiger partial charge in [-0.25, -0.2) is 27.8 Å². The lowest BCUT2D eigenvalue weighted by molar-refractivity contribution is -0.117. The van der Waals surface area contributed by atoms with Gasteiger partial charge in [-0.3, -0.25) is 9.69 Å². The van der Waals surface area contributed by atoms with Gasteiger partial charge in [0, 0.05) is 31.1 Å². The summed E-state index contributed by atoms with van der Waals surface area (Å²) in [5, 5.41) is 0. The molecule has 0 aliphatic rings. The van der Waals surface area contributed by atoms with Gasteiger partial charge in [0.15, 0.2) is 9.84 Å². The molecular formula is C34H47FN4O4S. The number of benzene rings is 1. The van der Waals surface area contributed by atoms with E-state index in [0.29, 0.717) is 17.7 Å². The fourth-order valence-corrected chi connectivity index (χ4v) is 6.31. The normalized spacial score (nSPS) is 11.5. The summed E-state index contributed by atoms with van der Waals surface area (Å²) >= 11 is 0. The number of carbonyl (C=O) groups excluding carboxylic acids is 1. The number of amides is 1. The van der Waals surface area contributed by atoms with Crippen LogP contribution in [0.15, 0.2) is 53.8 Å². The molecule has 1 aromatic carbocycles. The van der Waals surface area contributed by atoms with Crippen LogP contribution in [0.4, 0.5) is 15.9 Å². The van der Waals surface area contributed by atoms with Crippen molar-refractivity contribution in [3.63, 3.8) is 0 Å². The van der Waals surface area contributed by atoms with Gasteiger partial charge >= 0.3 is 0 Å². The van der Waals surface area contributed by atoms with Crippen molar-refractivity contribution in [2.24, 2.45) is 0 Å². The van der Waals surface area contributed by atoms with Gasteiger partial charge in [-0.2, -0.15) is 0 Å². The number of sulfone groups is 1. The predicted octanol–water partition coefficient (Wildman–Crippen LogP) is 8.31. The number of methoxy groups -OCH3 is 1. The molecule has 0 saturated carbocycles. The van der Waals surface area contributed by atoms with E-state index in [9.17, 15) is 13.2 Å². The maximum absolute atomic E-state index is 15.4. The summed E-state index contributed by atoms with van der Waals surface area (Å²) in [6, 6.07) is 7.37. The zero-order chi connectivity index (χ0) is 31.8. The lowest BCUT2D eigenvalue weighted by Crippen LogP contribution is -2.26. The zero-order valence-corrected chi connectivity index (χ0v) is 27.2. The number of aryl methyl sites for hydroxylation is 1. The second kappa shape index (κ2) is 18.4. The number of anilines is 2. The summed E-state index contributed by atoms with van der Waals surface area (Å²) in [5.74, 6) is -0.452. The van der Waals surface area contributed by atoms with Gasteiger partial charge in [0.05, 0.1) is 17.7 Å². The molecule has 2 heterocycles. The number of halogens is 1. The number of nitrogens with zero attached hydrogens (tertiary/aromatic N) is 4. The summed E-state index contributed by atoms with van der Waals surface area (Å²) in [5.41, 5.74) is 0.759. The van der Waals surface area contributed by atoms with Crippen LogP contribution in [0.3, 0.4) is 0 Å². The molecular weight excluding hydrogens is 579 g/mol. The summed E-state index contributed by atoms with van der Waals surface area (Å²) < 4.78 is 46.7. The second-order valence-electron chi connectivity index (χ2n) is 11.1. The second-order valence-corrected chi connectivity index (χ2v) is 13.1. The fourth-order valence-electron chi connectivity index (χ4n) is 5.16. The van der Waals surface area contributed by atoms with Crippen molar-refractivity contribution >= 4 is 27.2 Å². The van der Waals surface area contributed by atoms with Crippen molar-refractivity contribution in [1.82, 2.24) is 15.0 Å². The topological polar surface area (TPSA) is 102 Å². The smallest absolute Gasteiger partial charge is 0.232 e. The van der Waals surface area contributed by atoms with Gasteiger partial charge in [-0.05, 0) is 42.7 Å². The molecule has 0 spiro atoms. The molecule has 240 valence electrons. The SMILES string of the molecule is CCCCCCCCCCCCCCc1cc(OC)c(N(C(=O)CC)c2ccc(S(=O)(=O)Cc3ncccn3)cn2)cc1F. The van der Waals surface area contributed by atoms with Crippen molar-refractivity contribution in [2.75, 3.05) is 12.0 Å². The van der Waals surface area contributed by atoms with E-state index in [1.807, 2.05) is 0 Å². The van der Waals surface area contributed by atoms with E-state index in [1.54, 1.807) is 19.1 Å². The Labute approximate surface area is 262 Å². The number of ether oxygens (including phenoxy) is 1. The third-order valence-electron chi connectivity index (χ3n) is 7.69. The van der Waals surface area contributed by atoms with Crippen LogP contribution in [-0.4, -0.2) is 36.4 Å². The molecule has 2 aromatic heterocycles. The number of hydrogen-bond donors (Lipinski definition) is 0. The highest BCUT2D eigenvalue weighted by Crippen LogP contribution is 2.36. The number of pyridine rings is 1. The molecule has 8 nitrogen and oxygen atoms in total. The van der Waals surface area contributed by atoms with Crippen LogP contribution >= 0.6 is 0 Å². The monoisotopic (exact) mass is 626 g/mol. The number of rotatable bonds is 20.